The maximum Gasteiger partial charge on any atom is 0.221 e. The predicted octanol–water partition coefficient (Wildman–Crippen LogP) is 2.32. The fraction of sp³-hybridized carbons (Fsp3) is 0.385. The third-order valence-corrected chi connectivity index (χ3v) is 3.07. The van der Waals surface area contributed by atoms with E-state index >= 15 is 0 Å². The Balaban J connectivity index is 1.97. The first kappa shape index (κ1) is 10.3. The summed E-state index contributed by atoms with van der Waals surface area (Å²) < 4.78 is 1.96. The lowest BCUT2D eigenvalue weighted by Gasteiger charge is -2.19. The Hall–Kier alpha value is -1.84. The van der Waals surface area contributed by atoms with Gasteiger partial charge in [0.15, 0.2) is 5.82 Å². The van der Waals surface area contributed by atoms with E-state index < -0.39 is 0 Å². The lowest BCUT2D eigenvalue weighted by molar-refractivity contribution is 0.444. The van der Waals surface area contributed by atoms with Gasteiger partial charge in [-0.3, -0.25) is 0 Å². The van der Waals surface area contributed by atoms with Crippen molar-refractivity contribution in [2.75, 3.05) is 11.9 Å². The molecule has 1 aromatic heterocycles. The van der Waals surface area contributed by atoms with Crippen LogP contribution < -0.4 is 5.32 Å². The molecule has 4 nitrogen and oxygen atoms in total. The first-order chi connectivity index (χ1) is 8.22. The number of hydrogen-bond donors (Lipinski definition) is 1. The summed E-state index contributed by atoms with van der Waals surface area (Å²) in [6.07, 6.45) is 0. The fourth-order valence-electron chi connectivity index (χ4n) is 2.05. The second kappa shape index (κ2) is 3.87. The average molecular weight is 228 g/mol. The van der Waals surface area contributed by atoms with Gasteiger partial charge in [0, 0.05) is 18.7 Å². The zero-order chi connectivity index (χ0) is 11.8. The molecule has 1 atom stereocenters. The normalized spacial score (nSPS) is 18.6. The predicted molar refractivity (Wildman–Crippen MR) is 67.8 cm³/mol. The van der Waals surface area contributed by atoms with Crippen molar-refractivity contribution in [2.45, 2.75) is 20.4 Å². The summed E-state index contributed by atoms with van der Waals surface area (Å²) in [7, 11) is 0. The molecule has 1 unspecified atom stereocenters. The molecule has 0 saturated heterocycles. The van der Waals surface area contributed by atoms with Gasteiger partial charge in [0.1, 0.15) is 0 Å². The molecule has 2 heterocycles. The number of rotatable bonds is 1. The van der Waals surface area contributed by atoms with Crippen LogP contribution in [0, 0.1) is 12.8 Å². The number of benzene rings is 1. The maximum absolute atomic E-state index is 4.54. The number of anilines is 1. The fourth-order valence-corrected chi connectivity index (χ4v) is 2.05. The maximum atomic E-state index is 4.54. The molecule has 3 rings (SSSR count). The Morgan fingerprint density at radius 2 is 2.06 bits per heavy atom. The van der Waals surface area contributed by atoms with Crippen LogP contribution in [0.2, 0.25) is 0 Å². The van der Waals surface area contributed by atoms with E-state index in [2.05, 4.69) is 53.5 Å². The monoisotopic (exact) mass is 228 g/mol. The molecular weight excluding hydrogens is 212 g/mol. The highest BCUT2D eigenvalue weighted by Crippen LogP contribution is 2.21. The smallest absolute Gasteiger partial charge is 0.221 e. The summed E-state index contributed by atoms with van der Waals surface area (Å²) in [5, 5.41) is 7.85. The zero-order valence-corrected chi connectivity index (χ0v) is 10.1. The topological polar surface area (TPSA) is 42.7 Å². The van der Waals surface area contributed by atoms with Crippen LogP contribution in [-0.4, -0.2) is 21.3 Å². The Bertz CT molecular complexity index is 527. The Kier molecular flexibility index (Phi) is 2.35. The minimum atomic E-state index is 0.607. The molecule has 1 N–H and O–H groups in total. The Morgan fingerprint density at radius 1 is 1.29 bits per heavy atom. The van der Waals surface area contributed by atoms with Crippen molar-refractivity contribution >= 4 is 5.95 Å². The minimum absolute atomic E-state index is 0.607. The molecule has 0 fully saturated rings. The SMILES string of the molecule is Cc1ccc(-c2nc3n(n2)CC(C)CN3)cc1. The van der Waals surface area contributed by atoms with Crippen LogP contribution in [0.4, 0.5) is 5.95 Å². The van der Waals surface area contributed by atoms with Crippen LogP contribution in [0.15, 0.2) is 24.3 Å². The molecule has 1 aliphatic heterocycles. The second-order valence-corrected chi connectivity index (χ2v) is 4.79. The summed E-state index contributed by atoms with van der Waals surface area (Å²) in [6, 6.07) is 8.32. The van der Waals surface area contributed by atoms with E-state index in [9.17, 15) is 0 Å². The molecule has 0 amide bonds. The Morgan fingerprint density at radius 3 is 2.82 bits per heavy atom. The molecule has 1 aliphatic rings. The summed E-state index contributed by atoms with van der Waals surface area (Å²) >= 11 is 0. The first-order valence-corrected chi connectivity index (χ1v) is 5.98. The highest BCUT2D eigenvalue weighted by molar-refractivity contribution is 5.56. The molecule has 0 radical (unpaired) electrons. The summed E-state index contributed by atoms with van der Waals surface area (Å²) in [6.45, 7) is 6.22. The van der Waals surface area contributed by atoms with Crippen molar-refractivity contribution in [2.24, 2.45) is 5.92 Å². The number of nitrogens with one attached hydrogen (secondary N) is 1. The van der Waals surface area contributed by atoms with Crippen LogP contribution in [0.3, 0.4) is 0 Å². The quantitative estimate of drug-likeness (QED) is 0.814. The molecule has 0 saturated carbocycles. The van der Waals surface area contributed by atoms with Gasteiger partial charge in [0.05, 0.1) is 0 Å². The first-order valence-electron chi connectivity index (χ1n) is 5.98. The van der Waals surface area contributed by atoms with Gasteiger partial charge in [-0.2, -0.15) is 4.98 Å². The minimum Gasteiger partial charge on any atom is -0.354 e. The van der Waals surface area contributed by atoms with Gasteiger partial charge in [-0.15, -0.1) is 5.10 Å². The zero-order valence-electron chi connectivity index (χ0n) is 10.1. The van der Waals surface area contributed by atoms with E-state index in [-0.39, 0.29) is 0 Å². The van der Waals surface area contributed by atoms with E-state index in [1.165, 1.54) is 5.56 Å². The largest absolute Gasteiger partial charge is 0.354 e. The van der Waals surface area contributed by atoms with Crippen molar-refractivity contribution < 1.29 is 0 Å². The molecule has 0 spiro atoms. The highest BCUT2D eigenvalue weighted by Gasteiger charge is 2.18. The van der Waals surface area contributed by atoms with Gasteiger partial charge in [-0.05, 0) is 12.8 Å². The molecule has 17 heavy (non-hydrogen) atoms. The molecule has 2 aromatic rings. The van der Waals surface area contributed by atoms with Gasteiger partial charge in [-0.1, -0.05) is 36.8 Å². The van der Waals surface area contributed by atoms with Gasteiger partial charge >= 0.3 is 0 Å². The van der Waals surface area contributed by atoms with Crippen molar-refractivity contribution in [3.05, 3.63) is 29.8 Å². The van der Waals surface area contributed by atoms with Gasteiger partial charge in [0.2, 0.25) is 5.95 Å². The van der Waals surface area contributed by atoms with Crippen LogP contribution in [-0.2, 0) is 6.54 Å². The van der Waals surface area contributed by atoms with Crippen molar-refractivity contribution in [3.8, 4) is 11.4 Å². The number of aromatic nitrogens is 3. The highest BCUT2D eigenvalue weighted by atomic mass is 15.4. The molecule has 88 valence electrons. The van der Waals surface area contributed by atoms with Crippen LogP contribution in [0.5, 0.6) is 0 Å². The van der Waals surface area contributed by atoms with Crippen LogP contribution in [0.1, 0.15) is 12.5 Å². The lowest BCUT2D eigenvalue weighted by atomic mass is 10.1. The molecule has 0 bridgehead atoms. The van der Waals surface area contributed by atoms with Crippen LogP contribution >= 0.6 is 0 Å². The van der Waals surface area contributed by atoms with E-state index in [1.54, 1.807) is 0 Å². The van der Waals surface area contributed by atoms with E-state index in [0.29, 0.717) is 5.92 Å². The van der Waals surface area contributed by atoms with E-state index in [1.807, 2.05) is 4.68 Å². The Labute approximate surface area is 101 Å². The van der Waals surface area contributed by atoms with Gasteiger partial charge in [-0.25, -0.2) is 4.68 Å². The van der Waals surface area contributed by atoms with E-state index in [0.717, 1.165) is 30.4 Å². The third kappa shape index (κ3) is 1.90. The van der Waals surface area contributed by atoms with Crippen molar-refractivity contribution in [3.63, 3.8) is 0 Å². The van der Waals surface area contributed by atoms with Gasteiger partial charge < -0.3 is 5.32 Å². The van der Waals surface area contributed by atoms with Crippen molar-refractivity contribution in [1.29, 1.82) is 0 Å². The molecule has 1 aromatic carbocycles. The number of aryl methyl sites for hydroxylation is 1. The van der Waals surface area contributed by atoms with Gasteiger partial charge in [0.25, 0.3) is 0 Å². The third-order valence-electron chi connectivity index (χ3n) is 3.07. The van der Waals surface area contributed by atoms with Crippen molar-refractivity contribution in [1.82, 2.24) is 14.8 Å². The summed E-state index contributed by atoms with van der Waals surface area (Å²) in [5.41, 5.74) is 2.33. The molecule has 4 heteroatoms. The standard InChI is InChI=1S/C13H16N4/c1-9-3-5-11(6-4-9)12-15-13-14-7-10(2)8-17(13)16-12/h3-6,10H,7-8H2,1-2H3,(H,14,15,16). The number of fused-ring (bicyclic) bond motifs is 1. The van der Waals surface area contributed by atoms with E-state index in [4.69, 9.17) is 0 Å². The average Bonchev–Trinajstić information content (AvgIpc) is 2.72. The number of nitrogens with zero attached hydrogens (tertiary/aromatic N) is 3. The number of hydrogen-bond acceptors (Lipinski definition) is 3. The lowest BCUT2D eigenvalue weighted by Crippen LogP contribution is -2.25. The summed E-state index contributed by atoms with van der Waals surface area (Å²) in [5.74, 6) is 2.30. The summed E-state index contributed by atoms with van der Waals surface area (Å²) in [4.78, 5) is 4.53. The van der Waals surface area contributed by atoms with Crippen LogP contribution in [0.25, 0.3) is 11.4 Å². The molecule has 0 aliphatic carbocycles. The molecular formula is C13H16N4. The second-order valence-electron chi connectivity index (χ2n) is 4.79.